The Morgan fingerprint density at radius 3 is 2.25 bits per heavy atom. The highest BCUT2D eigenvalue weighted by Crippen LogP contribution is 2.20. The summed E-state index contributed by atoms with van der Waals surface area (Å²) in [5, 5.41) is 9.31. The van der Waals surface area contributed by atoms with E-state index in [1.807, 2.05) is 12.2 Å². The van der Waals surface area contributed by atoms with Gasteiger partial charge < -0.3 is 10.8 Å². The molecule has 0 fully saturated rings. The van der Waals surface area contributed by atoms with Gasteiger partial charge in [0.25, 0.3) is 0 Å². The predicted molar refractivity (Wildman–Crippen MR) is 32.4 cm³/mol. The second-order valence-corrected chi connectivity index (χ2v) is 2.31. The van der Waals surface area contributed by atoms with Gasteiger partial charge in [-0.1, -0.05) is 12.2 Å². The maximum absolute atomic E-state index is 9.31. The van der Waals surface area contributed by atoms with Crippen molar-refractivity contribution in [3.8, 4) is 0 Å². The van der Waals surface area contributed by atoms with Crippen LogP contribution in [0, 0.1) is 0 Å². The maximum Gasteiger partial charge on any atom is 0.0837 e. The Bertz CT molecular complexity index is 101. The van der Waals surface area contributed by atoms with Crippen LogP contribution in [0.1, 0.15) is 12.8 Å². The van der Waals surface area contributed by atoms with Crippen LogP contribution in [0.4, 0.5) is 0 Å². The van der Waals surface area contributed by atoms with Gasteiger partial charge in [-0.3, -0.25) is 0 Å². The number of hydrogen-bond donors (Lipinski definition) is 2. The predicted octanol–water partition coefficient (Wildman–Crippen LogP) is 0.0262. The molecular formula is C6H11NO. The molecule has 2 nitrogen and oxygen atoms in total. The molecule has 0 bridgehead atoms. The zero-order valence-corrected chi connectivity index (χ0v) is 4.80. The summed E-state index contributed by atoms with van der Waals surface area (Å²) in [6.07, 6.45) is 5.38. The van der Waals surface area contributed by atoms with E-state index in [0.717, 1.165) is 12.8 Å². The molecule has 1 aliphatic carbocycles. The van der Waals surface area contributed by atoms with Crippen LogP contribution in [0.3, 0.4) is 0 Å². The molecule has 0 radical (unpaired) electrons. The SMILES string of the molecule is NCC1(O)CC=CC1. The van der Waals surface area contributed by atoms with Crippen molar-refractivity contribution in [1.29, 1.82) is 0 Å². The van der Waals surface area contributed by atoms with Gasteiger partial charge in [0.15, 0.2) is 0 Å². The van der Waals surface area contributed by atoms with Gasteiger partial charge in [-0.25, -0.2) is 0 Å². The summed E-state index contributed by atoms with van der Waals surface area (Å²) in [5.74, 6) is 0. The van der Waals surface area contributed by atoms with Crippen molar-refractivity contribution in [2.24, 2.45) is 5.73 Å². The van der Waals surface area contributed by atoms with Crippen molar-refractivity contribution in [2.45, 2.75) is 18.4 Å². The van der Waals surface area contributed by atoms with Gasteiger partial charge in [0, 0.05) is 6.54 Å². The van der Waals surface area contributed by atoms with Crippen LogP contribution in [-0.2, 0) is 0 Å². The lowest BCUT2D eigenvalue weighted by atomic mass is 10.0. The third-order valence-corrected chi connectivity index (χ3v) is 1.54. The highest BCUT2D eigenvalue weighted by atomic mass is 16.3. The quantitative estimate of drug-likeness (QED) is 0.471. The molecule has 0 spiro atoms. The second kappa shape index (κ2) is 1.88. The molecule has 0 amide bonds. The first kappa shape index (κ1) is 5.79. The van der Waals surface area contributed by atoms with Crippen molar-refractivity contribution < 1.29 is 5.11 Å². The van der Waals surface area contributed by atoms with Gasteiger partial charge in [-0.05, 0) is 12.8 Å². The lowest BCUT2D eigenvalue weighted by Gasteiger charge is -2.18. The monoisotopic (exact) mass is 113 g/mol. The normalized spacial score (nSPS) is 24.2. The first-order valence-corrected chi connectivity index (χ1v) is 2.84. The molecule has 3 N–H and O–H groups in total. The standard InChI is InChI=1S/C6H11NO/c7-5-6(8)3-1-2-4-6/h1-2,8H,3-5,7H2. The van der Waals surface area contributed by atoms with Crippen LogP contribution < -0.4 is 5.73 Å². The van der Waals surface area contributed by atoms with Crippen LogP contribution in [-0.4, -0.2) is 17.3 Å². The lowest BCUT2D eigenvalue weighted by Crippen LogP contribution is -2.34. The van der Waals surface area contributed by atoms with Crippen molar-refractivity contribution in [3.05, 3.63) is 12.2 Å². The van der Waals surface area contributed by atoms with Crippen molar-refractivity contribution >= 4 is 0 Å². The van der Waals surface area contributed by atoms with Gasteiger partial charge in [0.05, 0.1) is 5.60 Å². The molecule has 0 aromatic rings. The maximum atomic E-state index is 9.31. The Morgan fingerprint density at radius 2 is 2.00 bits per heavy atom. The summed E-state index contributed by atoms with van der Waals surface area (Å²) in [6, 6.07) is 0. The van der Waals surface area contributed by atoms with Crippen LogP contribution in [0.15, 0.2) is 12.2 Å². The van der Waals surface area contributed by atoms with Gasteiger partial charge in [0.2, 0.25) is 0 Å². The third-order valence-electron chi connectivity index (χ3n) is 1.54. The molecule has 0 saturated heterocycles. The molecule has 46 valence electrons. The zero-order valence-electron chi connectivity index (χ0n) is 4.80. The molecule has 0 saturated carbocycles. The Labute approximate surface area is 49.0 Å². The zero-order chi connectivity index (χ0) is 6.04. The Morgan fingerprint density at radius 1 is 1.50 bits per heavy atom. The molecule has 8 heavy (non-hydrogen) atoms. The number of rotatable bonds is 1. The van der Waals surface area contributed by atoms with E-state index in [2.05, 4.69) is 0 Å². The minimum atomic E-state index is -0.597. The Kier molecular flexibility index (Phi) is 1.36. The molecule has 0 unspecified atom stereocenters. The van der Waals surface area contributed by atoms with E-state index in [1.54, 1.807) is 0 Å². The molecule has 0 aliphatic heterocycles. The third kappa shape index (κ3) is 0.904. The van der Waals surface area contributed by atoms with Gasteiger partial charge in [0.1, 0.15) is 0 Å². The topological polar surface area (TPSA) is 46.2 Å². The molecule has 0 heterocycles. The fourth-order valence-electron chi connectivity index (χ4n) is 0.855. The minimum Gasteiger partial charge on any atom is -0.388 e. The van der Waals surface area contributed by atoms with Gasteiger partial charge in [-0.15, -0.1) is 0 Å². The van der Waals surface area contributed by atoms with E-state index < -0.39 is 5.60 Å². The summed E-state index contributed by atoms with van der Waals surface area (Å²) in [7, 11) is 0. The molecule has 0 aromatic carbocycles. The summed E-state index contributed by atoms with van der Waals surface area (Å²) >= 11 is 0. The summed E-state index contributed by atoms with van der Waals surface area (Å²) in [5.41, 5.74) is 4.68. The van der Waals surface area contributed by atoms with Crippen LogP contribution in [0.25, 0.3) is 0 Å². The average molecular weight is 113 g/mol. The van der Waals surface area contributed by atoms with E-state index in [-0.39, 0.29) is 0 Å². The molecule has 0 atom stereocenters. The lowest BCUT2D eigenvalue weighted by molar-refractivity contribution is 0.0632. The Hall–Kier alpha value is -0.340. The largest absolute Gasteiger partial charge is 0.388 e. The van der Waals surface area contributed by atoms with Gasteiger partial charge in [-0.2, -0.15) is 0 Å². The van der Waals surface area contributed by atoms with Gasteiger partial charge >= 0.3 is 0 Å². The van der Waals surface area contributed by atoms with E-state index in [1.165, 1.54) is 0 Å². The summed E-state index contributed by atoms with van der Waals surface area (Å²) < 4.78 is 0. The molecule has 0 aromatic heterocycles. The first-order chi connectivity index (χ1) is 3.77. The minimum absolute atomic E-state index is 0.375. The first-order valence-electron chi connectivity index (χ1n) is 2.84. The number of nitrogens with two attached hydrogens (primary N) is 1. The van der Waals surface area contributed by atoms with E-state index in [9.17, 15) is 5.11 Å². The van der Waals surface area contributed by atoms with E-state index in [0.29, 0.717) is 6.54 Å². The highest BCUT2D eigenvalue weighted by molar-refractivity contribution is 5.04. The number of aliphatic hydroxyl groups is 1. The van der Waals surface area contributed by atoms with Crippen LogP contribution >= 0.6 is 0 Å². The van der Waals surface area contributed by atoms with Crippen LogP contribution in [0.2, 0.25) is 0 Å². The van der Waals surface area contributed by atoms with E-state index >= 15 is 0 Å². The molecule has 1 rings (SSSR count). The van der Waals surface area contributed by atoms with Crippen molar-refractivity contribution in [1.82, 2.24) is 0 Å². The second-order valence-electron chi connectivity index (χ2n) is 2.31. The summed E-state index contributed by atoms with van der Waals surface area (Å²) in [6.45, 7) is 0.375. The number of hydrogen-bond acceptors (Lipinski definition) is 2. The van der Waals surface area contributed by atoms with Crippen LogP contribution in [0.5, 0.6) is 0 Å². The fourth-order valence-corrected chi connectivity index (χ4v) is 0.855. The highest BCUT2D eigenvalue weighted by Gasteiger charge is 2.24. The average Bonchev–Trinajstić information content (AvgIpc) is 2.17. The molecule has 1 aliphatic rings. The Balaban J connectivity index is 2.46. The van der Waals surface area contributed by atoms with Crippen molar-refractivity contribution in [3.63, 3.8) is 0 Å². The molecular weight excluding hydrogens is 102 g/mol. The fraction of sp³-hybridized carbons (Fsp3) is 0.667. The summed E-state index contributed by atoms with van der Waals surface area (Å²) in [4.78, 5) is 0. The molecule has 2 heteroatoms. The van der Waals surface area contributed by atoms with Crippen molar-refractivity contribution in [2.75, 3.05) is 6.54 Å². The smallest absolute Gasteiger partial charge is 0.0837 e. The van der Waals surface area contributed by atoms with E-state index in [4.69, 9.17) is 5.73 Å².